The molecule has 2 rings (SSSR count). The first-order valence-corrected chi connectivity index (χ1v) is 6.63. The van der Waals surface area contributed by atoms with Gasteiger partial charge in [0.05, 0.1) is 0 Å². The Bertz CT molecular complexity index is 290. The van der Waals surface area contributed by atoms with E-state index in [9.17, 15) is 4.79 Å². The van der Waals surface area contributed by atoms with E-state index in [0.29, 0.717) is 0 Å². The van der Waals surface area contributed by atoms with Crippen molar-refractivity contribution in [3.63, 3.8) is 0 Å². The number of piperazine rings is 1. The zero-order valence-corrected chi connectivity index (χ0v) is 11.2. The van der Waals surface area contributed by atoms with Gasteiger partial charge in [-0.25, -0.2) is 4.79 Å². The molecule has 1 aliphatic heterocycles. The predicted octanol–water partition coefficient (Wildman–Crippen LogP) is 2.14. The van der Waals surface area contributed by atoms with Gasteiger partial charge in [-0.2, -0.15) is 0 Å². The first-order valence-electron chi connectivity index (χ1n) is 6.63. The second-order valence-corrected chi connectivity index (χ2v) is 6.32. The van der Waals surface area contributed by atoms with Crippen molar-refractivity contribution < 1.29 is 9.53 Å². The van der Waals surface area contributed by atoms with Crippen LogP contribution in [0.2, 0.25) is 0 Å². The van der Waals surface area contributed by atoms with E-state index in [1.807, 2.05) is 25.7 Å². The molecule has 1 saturated carbocycles. The number of carbonyl (C=O) groups is 1. The molecule has 0 bridgehead atoms. The summed E-state index contributed by atoms with van der Waals surface area (Å²) in [5.41, 5.74) is -0.222. The van der Waals surface area contributed by atoms with Crippen molar-refractivity contribution in [2.45, 2.75) is 57.6 Å². The summed E-state index contributed by atoms with van der Waals surface area (Å²) in [4.78, 5) is 13.9. The number of carbonyl (C=O) groups excluding carboxylic acids is 1. The molecule has 0 aromatic carbocycles. The summed E-state index contributed by atoms with van der Waals surface area (Å²) in [7, 11) is 0. The van der Waals surface area contributed by atoms with E-state index in [1.54, 1.807) is 0 Å². The minimum absolute atomic E-state index is 0.162. The fourth-order valence-electron chi connectivity index (χ4n) is 2.83. The van der Waals surface area contributed by atoms with Gasteiger partial charge in [-0.05, 0) is 33.6 Å². The zero-order chi connectivity index (χ0) is 12.5. The van der Waals surface area contributed by atoms with Crippen LogP contribution < -0.4 is 5.32 Å². The lowest BCUT2D eigenvalue weighted by Gasteiger charge is -2.41. The number of ether oxygens (including phenoxy) is 1. The van der Waals surface area contributed by atoms with Crippen LogP contribution in [-0.4, -0.2) is 41.8 Å². The summed E-state index contributed by atoms with van der Waals surface area (Å²) in [5.74, 6) is 0. The number of hydrogen-bond acceptors (Lipinski definition) is 3. The monoisotopic (exact) mass is 240 g/mol. The maximum Gasteiger partial charge on any atom is 0.410 e. The Hall–Kier alpha value is -0.770. The molecule has 4 heteroatoms. The van der Waals surface area contributed by atoms with Crippen LogP contribution in [0.15, 0.2) is 0 Å². The van der Waals surface area contributed by atoms with E-state index in [-0.39, 0.29) is 11.6 Å². The molecule has 0 aromatic heterocycles. The van der Waals surface area contributed by atoms with Crippen LogP contribution >= 0.6 is 0 Å². The summed E-state index contributed by atoms with van der Waals surface area (Å²) in [6, 6.07) is 0. The highest BCUT2D eigenvalue weighted by Gasteiger charge is 2.39. The van der Waals surface area contributed by atoms with Crippen LogP contribution in [0, 0.1) is 0 Å². The fourth-order valence-corrected chi connectivity index (χ4v) is 2.83. The molecule has 4 nitrogen and oxygen atoms in total. The van der Waals surface area contributed by atoms with Crippen molar-refractivity contribution >= 4 is 6.09 Å². The van der Waals surface area contributed by atoms with Crippen molar-refractivity contribution in [2.75, 3.05) is 19.6 Å². The van der Waals surface area contributed by atoms with Gasteiger partial charge in [0, 0.05) is 25.2 Å². The lowest BCUT2D eigenvalue weighted by molar-refractivity contribution is 0.0127. The number of rotatable bonds is 0. The molecule has 0 atom stereocenters. The number of amides is 1. The Morgan fingerprint density at radius 2 is 1.94 bits per heavy atom. The molecule has 2 fully saturated rings. The van der Waals surface area contributed by atoms with Crippen LogP contribution in [0.3, 0.4) is 0 Å². The third-order valence-corrected chi connectivity index (χ3v) is 3.59. The van der Waals surface area contributed by atoms with Gasteiger partial charge in [0.25, 0.3) is 0 Å². The van der Waals surface area contributed by atoms with Gasteiger partial charge >= 0.3 is 6.09 Å². The molecular weight excluding hydrogens is 216 g/mol. The highest BCUT2D eigenvalue weighted by Crippen LogP contribution is 2.32. The minimum atomic E-state index is -0.398. The average molecular weight is 240 g/mol. The molecule has 0 unspecified atom stereocenters. The third kappa shape index (κ3) is 3.12. The molecule has 1 saturated heterocycles. The van der Waals surface area contributed by atoms with E-state index in [0.717, 1.165) is 19.6 Å². The number of nitrogens with zero attached hydrogens (tertiary/aromatic N) is 1. The maximum absolute atomic E-state index is 12.0. The van der Waals surface area contributed by atoms with Gasteiger partial charge in [0.15, 0.2) is 0 Å². The van der Waals surface area contributed by atoms with Crippen LogP contribution in [0.5, 0.6) is 0 Å². The standard InChI is InChI=1S/C13H24N2O2/c1-12(2,3)17-11(16)15-9-8-14-13(10-15)6-4-5-7-13/h14H,4-10H2,1-3H3. The van der Waals surface area contributed by atoms with Crippen LogP contribution in [0.1, 0.15) is 46.5 Å². The summed E-state index contributed by atoms with van der Waals surface area (Å²) < 4.78 is 5.44. The first-order chi connectivity index (χ1) is 7.90. The van der Waals surface area contributed by atoms with E-state index < -0.39 is 5.60 Å². The van der Waals surface area contributed by atoms with Crippen LogP contribution in [0.4, 0.5) is 4.79 Å². The zero-order valence-electron chi connectivity index (χ0n) is 11.2. The van der Waals surface area contributed by atoms with Crippen molar-refractivity contribution in [1.82, 2.24) is 10.2 Å². The van der Waals surface area contributed by atoms with Gasteiger partial charge in [-0.1, -0.05) is 12.8 Å². The summed E-state index contributed by atoms with van der Waals surface area (Å²) >= 11 is 0. The predicted molar refractivity (Wildman–Crippen MR) is 67.0 cm³/mol. The maximum atomic E-state index is 12.0. The van der Waals surface area contributed by atoms with E-state index in [1.165, 1.54) is 25.7 Å². The summed E-state index contributed by atoms with van der Waals surface area (Å²) in [6.07, 6.45) is 4.76. The Balaban J connectivity index is 1.95. The lowest BCUT2D eigenvalue weighted by Crippen LogP contribution is -2.60. The normalized spacial score (nSPS) is 24.1. The Morgan fingerprint density at radius 3 is 2.53 bits per heavy atom. The minimum Gasteiger partial charge on any atom is -0.444 e. The molecule has 1 N–H and O–H groups in total. The first kappa shape index (κ1) is 12.7. The topological polar surface area (TPSA) is 41.6 Å². The second-order valence-electron chi connectivity index (χ2n) is 6.32. The highest BCUT2D eigenvalue weighted by atomic mass is 16.6. The Morgan fingerprint density at radius 1 is 1.29 bits per heavy atom. The quantitative estimate of drug-likeness (QED) is 0.705. The summed E-state index contributed by atoms with van der Waals surface area (Å²) in [5, 5.41) is 3.59. The van der Waals surface area contributed by atoms with Crippen molar-refractivity contribution in [3.05, 3.63) is 0 Å². The van der Waals surface area contributed by atoms with Crippen molar-refractivity contribution in [2.24, 2.45) is 0 Å². The fraction of sp³-hybridized carbons (Fsp3) is 0.923. The van der Waals surface area contributed by atoms with Gasteiger partial charge in [0.2, 0.25) is 0 Å². The SMILES string of the molecule is CC(C)(C)OC(=O)N1CCNC2(CCCC2)C1. The number of nitrogens with one attached hydrogen (secondary N) is 1. The van der Waals surface area contributed by atoms with E-state index in [2.05, 4.69) is 5.32 Å². The van der Waals surface area contributed by atoms with Gasteiger partial charge in [-0.3, -0.25) is 0 Å². The molecule has 0 aromatic rings. The molecule has 1 aliphatic carbocycles. The second kappa shape index (κ2) is 4.48. The molecular formula is C13H24N2O2. The molecule has 1 heterocycles. The molecule has 17 heavy (non-hydrogen) atoms. The number of hydrogen-bond donors (Lipinski definition) is 1. The van der Waals surface area contributed by atoms with Crippen molar-refractivity contribution in [3.8, 4) is 0 Å². The van der Waals surface area contributed by atoms with Gasteiger partial charge in [-0.15, -0.1) is 0 Å². The van der Waals surface area contributed by atoms with E-state index in [4.69, 9.17) is 4.74 Å². The Kier molecular flexibility index (Phi) is 3.34. The van der Waals surface area contributed by atoms with Gasteiger partial charge in [0.1, 0.15) is 5.60 Å². The highest BCUT2D eigenvalue weighted by molar-refractivity contribution is 5.68. The molecule has 1 spiro atoms. The third-order valence-electron chi connectivity index (χ3n) is 3.59. The van der Waals surface area contributed by atoms with Gasteiger partial charge < -0.3 is 15.0 Å². The smallest absolute Gasteiger partial charge is 0.410 e. The van der Waals surface area contributed by atoms with Crippen LogP contribution in [0.25, 0.3) is 0 Å². The molecule has 0 radical (unpaired) electrons. The largest absolute Gasteiger partial charge is 0.444 e. The van der Waals surface area contributed by atoms with Crippen LogP contribution in [-0.2, 0) is 4.74 Å². The summed E-state index contributed by atoms with van der Waals surface area (Å²) in [6.45, 7) is 8.20. The molecule has 98 valence electrons. The van der Waals surface area contributed by atoms with E-state index >= 15 is 0 Å². The van der Waals surface area contributed by atoms with Crippen molar-refractivity contribution in [1.29, 1.82) is 0 Å². The lowest BCUT2D eigenvalue weighted by atomic mass is 9.95. The molecule has 2 aliphatic rings. The Labute approximate surface area is 104 Å². The average Bonchev–Trinajstić information content (AvgIpc) is 2.64. The molecule has 1 amide bonds.